The van der Waals surface area contributed by atoms with Crippen molar-refractivity contribution >= 4 is 23.3 Å². The van der Waals surface area contributed by atoms with E-state index in [0.717, 1.165) is 31.2 Å². The number of ether oxygens (including phenoxy) is 1. The number of nitrogens with one attached hydrogen (secondary N) is 1. The Morgan fingerprint density at radius 3 is 2.74 bits per heavy atom. The van der Waals surface area contributed by atoms with Crippen LogP contribution >= 0.6 is 0 Å². The van der Waals surface area contributed by atoms with Gasteiger partial charge in [0.15, 0.2) is 0 Å². The molecule has 1 spiro atoms. The number of anilines is 1. The summed E-state index contributed by atoms with van der Waals surface area (Å²) >= 11 is 0. The first-order valence-corrected chi connectivity index (χ1v) is 10.4. The number of rotatable bonds is 4. The first kappa shape index (κ1) is 21.9. The first-order chi connectivity index (χ1) is 16.1. The predicted octanol–water partition coefficient (Wildman–Crippen LogP) is 2.79. The van der Waals surface area contributed by atoms with Gasteiger partial charge in [-0.25, -0.2) is 14.3 Å². The lowest BCUT2D eigenvalue weighted by Crippen LogP contribution is -2.67. The molecule has 178 valence electrons. The molecule has 0 unspecified atom stereocenters. The number of amides is 3. The quantitative estimate of drug-likeness (QED) is 0.622. The number of alkyl halides is 3. The molecule has 10 nitrogen and oxygen atoms in total. The molecule has 2 aliphatic rings. The fraction of sp³-hybridized carbons (Fsp3) is 0.381. The molecule has 13 heteroatoms. The maximum Gasteiger partial charge on any atom is 0.573 e. The van der Waals surface area contributed by atoms with Crippen LogP contribution in [0.3, 0.4) is 0 Å². The number of carbonyl (C=O) groups is 2. The minimum atomic E-state index is -4.83. The molecule has 3 amide bonds. The van der Waals surface area contributed by atoms with Gasteiger partial charge in [0.1, 0.15) is 11.6 Å². The molecular weight excluding hydrogens is 455 g/mol. The minimum Gasteiger partial charge on any atom is -0.406 e. The third kappa shape index (κ3) is 4.08. The molecule has 1 aliphatic carbocycles. The molecule has 1 N–H and O–H groups in total. The van der Waals surface area contributed by atoms with Crippen LogP contribution in [0.25, 0.3) is 5.52 Å². The van der Waals surface area contributed by atoms with Crippen molar-refractivity contribution in [2.75, 3.05) is 25.5 Å². The molecule has 0 radical (unpaired) electrons. The Balaban J connectivity index is 1.13. The van der Waals surface area contributed by atoms with E-state index < -0.39 is 18.1 Å². The summed E-state index contributed by atoms with van der Waals surface area (Å²) in [7, 11) is 1.62. The second-order valence-corrected chi connectivity index (χ2v) is 8.65. The van der Waals surface area contributed by atoms with Crippen molar-refractivity contribution in [2.24, 2.45) is 5.41 Å². The normalized spacial score (nSPS) is 17.2. The summed E-state index contributed by atoms with van der Waals surface area (Å²) in [5.74, 6) is -0.615. The summed E-state index contributed by atoms with van der Waals surface area (Å²) in [4.78, 5) is 36.6. The van der Waals surface area contributed by atoms with Crippen molar-refractivity contribution in [3.8, 4) is 5.75 Å². The monoisotopic (exact) mass is 475 g/mol. The molecule has 0 atom stereocenters. The van der Waals surface area contributed by atoms with Crippen molar-refractivity contribution in [3.05, 3.63) is 48.7 Å². The summed E-state index contributed by atoms with van der Waals surface area (Å²) in [6.07, 6.45) is 4.14. The largest absolute Gasteiger partial charge is 0.573 e. The smallest absolute Gasteiger partial charge is 0.406 e. The van der Waals surface area contributed by atoms with Crippen molar-refractivity contribution in [1.29, 1.82) is 0 Å². The van der Waals surface area contributed by atoms with E-state index in [1.54, 1.807) is 35.1 Å². The average Bonchev–Trinajstić information content (AvgIpc) is 3.14. The van der Waals surface area contributed by atoms with Gasteiger partial charge in [-0.05, 0) is 18.9 Å². The fourth-order valence-electron chi connectivity index (χ4n) is 4.59. The highest BCUT2D eigenvalue weighted by Crippen LogP contribution is 2.50. The number of urea groups is 1. The Kier molecular flexibility index (Phi) is 5.06. The number of likely N-dealkylation sites (tertiary alicyclic amines) is 1. The fourth-order valence-corrected chi connectivity index (χ4v) is 4.59. The van der Waals surface area contributed by atoms with Crippen molar-refractivity contribution in [2.45, 2.75) is 25.2 Å². The molecule has 3 aromatic heterocycles. The van der Waals surface area contributed by atoms with E-state index in [-0.39, 0.29) is 23.2 Å². The van der Waals surface area contributed by atoms with Gasteiger partial charge in [0.05, 0.1) is 23.5 Å². The maximum absolute atomic E-state index is 12.9. The highest BCUT2D eigenvalue weighted by molar-refractivity contribution is 6.01. The van der Waals surface area contributed by atoms with Crippen molar-refractivity contribution in [3.63, 3.8) is 0 Å². The van der Waals surface area contributed by atoms with Crippen LogP contribution in [0.2, 0.25) is 0 Å². The molecule has 2 fully saturated rings. The van der Waals surface area contributed by atoms with E-state index in [2.05, 4.69) is 25.1 Å². The summed E-state index contributed by atoms with van der Waals surface area (Å²) < 4.78 is 42.6. The third-order valence-electron chi connectivity index (χ3n) is 6.30. The van der Waals surface area contributed by atoms with Gasteiger partial charge in [0.25, 0.3) is 5.91 Å². The lowest BCUT2D eigenvalue weighted by molar-refractivity contribution is -0.274. The van der Waals surface area contributed by atoms with Crippen molar-refractivity contribution in [1.82, 2.24) is 29.4 Å². The molecule has 1 aliphatic heterocycles. The second kappa shape index (κ2) is 7.85. The van der Waals surface area contributed by atoms with Gasteiger partial charge in [0.2, 0.25) is 0 Å². The number of hydrogen-bond acceptors (Lipinski definition) is 6. The Morgan fingerprint density at radius 2 is 2.00 bits per heavy atom. The van der Waals surface area contributed by atoms with Crippen LogP contribution in [0.5, 0.6) is 5.75 Å². The number of pyridine rings is 1. The SMILES string of the molecule is CN(C(=O)Nc1cc(OC(F)(F)F)ccn1)C1CC2(C1)CN(C(=O)c1cnn3ccncc13)C2. The number of hydrogen-bond donors (Lipinski definition) is 1. The zero-order chi connectivity index (χ0) is 24.1. The molecule has 0 aromatic carbocycles. The van der Waals surface area contributed by atoms with Crippen molar-refractivity contribution < 1.29 is 27.5 Å². The summed E-state index contributed by atoms with van der Waals surface area (Å²) in [6.45, 7) is 1.18. The predicted molar refractivity (Wildman–Crippen MR) is 112 cm³/mol. The van der Waals surface area contributed by atoms with Crippen LogP contribution in [0.15, 0.2) is 43.1 Å². The first-order valence-electron chi connectivity index (χ1n) is 10.4. The Hall–Kier alpha value is -3.90. The summed E-state index contributed by atoms with van der Waals surface area (Å²) in [5.41, 5.74) is 1.11. The van der Waals surface area contributed by atoms with Crippen LogP contribution in [-0.2, 0) is 0 Å². The number of aromatic nitrogens is 4. The van der Waals surface area contributed by atoms with Gasteiger partial charge in [-0.3, -0.25) is 15.1 Å². The van der Waals surface area contributed by atoms with Gasteiger partial charge < -0.3 is 14.5 Å². The molecule has 5 rings (SSSR count). The van der Waals surface area contributed by atoms with Crippen LogP contribution in [-0.4, -0.2) is 73.9 Å². The van der Waals surface area contributed by atoms with E-state index >= 15 is 0 Å². The lowest BCUT2D eigenvalue weighted by atomic mass is 9.60. The molecular formula is C21H20F3N7O3. The van der Waals surface area contributed by atoms with Gasteiger partial charge >= 0.3 is 12.4 Å². The molecule has 4 heterocycles. The standard InChI is InChI=1S/C21H20F3N7O3/c1-29(19(33)28-17-6-14(2-3-26-17)34-21(22,23)24)13-7-20(8-13)11-30(12-20)18(32)15-9-27-31-5-4-25-10-16(15)31/h2-6,9-10,13H,7-8,11-12H2,1H3,(H,26,28,33). The van der Waals surface area contributed by atoms with Gasteiger partial charge in [0, 0.05) is 56.3 Å². The average molecular weight is 475 g/mol. The van der Waals surface area contributed by atoms with Crippen LogP contribution in [0.4, 0.5) is 23.8 Å². The Morgan fingerprint density at radius 1 is 1.24 bits per heavy atom. The maximum atomic E-state index is 12.9. The molecule has 1 saturated carbocycles. The Labute approximate surface area is 191 Å². The van der Waals surface area contributed by atoms with E-state index in [1.165, 1.54) is 11.1 Å². The number of nitrogens with zero attached hydrogens (tertiary/aromatic N) is 6. The Bertz CT molecular complexity index is 1250. The van der Waals surface area contributed by atoms with Gasteiger partial charge in [-0.2, -0.15) is 5.10 Å². The lowest BCUT2D eigenvalue weighted by Gasteiger charge is -2.60. The van der Waals surface area contributed by atoms with Crippen LogP contribution < -0.4 is 10.1 Å². The van der Waals surface area contributed by atoms with Gasteiger partial charge in [-0.1, -0.05) is 0 Å². The summed E-state index contributed by atoms with van der Waals surface area (Å²) in [5, 5.41) is 6.66. The molecule has 34 heavy (non-hydrogen) atoms. The van der Waals surface area contributed by atoms with E-state index in [1.807, 2.05) is 0 Å². The second-order valence-electron chi connectivity index (χ2n) is 8.65. The summed E-state index contributed by atoms with van der Waals surface area (Å²) in [6, 6.07) is 1.53. The zero-order valence-corrected chi connectivity index (χ0v) is 18.0. The van der Waals surface area contributed by atoms with E-state index in [4.69, 9.17) is 0 Å². The highest BCUT2D eigenvalue weighted by atomic mass is 19.4. The third-order valence-corrected chi connectivity index (χ3v) is 6.30. The van der Waals surface area contributed by atoms with Gasteiger partial charge in [-0.15, -0.1) is 13.2 Å². The topological polar surface area (TPSA) is 105 Å². The number of carbonyl (C=O) groups excluding carboxylic acids is 2. The zero-order valence-electron chi connectivity index (χ0n) is 18.0. The van der Waals surface area contributed by atoms with Crippen LogP contribution in [0, 0.1) is 5.41 Å². The number of halogens is 3. The molecule has 1 saturated heterocycles. The van der Waals surface area contributed by atoms with E-state index in [0.29, 0.717) is 24.2 Å². The van der Waals surface area contributed by atoms with Crippen LogP contribution in [0.1, 0.15) is 23.2 Å². The minimum absolute atomic E-state index is 0.0329. The highest BCUT2D eigenvalue weighted by Gasteiger charge is 2.55. The molecule has 0 bridgehead atoms. The molecule has 3 aromatic rings. The number of fused-ring (bicyclic) bond motifs is 1. The van der Waals surface area contributed by atoms with E-state index in [9.17, 15) is 22.8 Å².